The van der Waals surface area contributed by atoms with E-state index < -0.39 is 0 Å². The third kappa shape index (κ3) is 3.85. The lowest BCUT2D eigenvalue weighted by atomic mass is 10.3. The van der Waals surface area contributed by atoms with Crippen molar-refractivity contribution in [2.24, 2.45) is 5.92 Å². The standard InChI is InChI=1S/C8H17NO/c10-7-1-5-9-6-4-8-2-3-8/h8-10H,1-7H2. The van der Waals surface area contributed by atoms with E-state index in [4.69, 9.17) is 5.11 Å². The molecule has 10 heavy (non-hydrogen) atoms. The van der Waals surface area contributed by atoms with Gasteiger partial charge in [0.25, 0.3) is 0 Å². The van der Waals surface area contributed by atoms with Crippen molar-refractivity contribution in [3.8, 4) is 0 Å². The van der Waals surface area contributed by atoms with Crippen molar-refractivity contribution in [2.75, 3.05) is 19.7 Å². The summed E-state index contributed by atoms with van der Waals surface area (Å²) in [5.74, 6) is 1.03. The maximum Gasteiger partial charge on any atom is 0.0443 e. The fraction of sp³-hybridized carbons (Fsp3) is 1.00. The molecule has 2 nitrogen and oxygen atoms in total. The first-order valence-electron chi connectivity index (χ1n) is 4.25. The molecule has 1 aliphatic rings. The molecule has 0 unspecified atom stereocenters. The van der Waals surface area contributed by atoms with Crippen LogP contribution >= 0.6 is 0 Å². The highest BCUT2D eigenvalue weighted by molar-refractivity contribution is 4.73. The number of aliphatic hydroxyl groups excluding tert-OH is 1. The largest absolute Gasteiger partial charge is 0.396 e. The first-order valence-corrected chi connectivity index (χ1v) is 4.25. The van der Waals surface area contributed by atoms with Crippen molar-refractivity contribution in [3.63, 3.8) is 0 Å². The number of nitrogens with one attached hydrogen (secondary N) is 1. The van der Waals surface area contributed by atoms with Gasteiger partial charge in [-0.3, -0.25) is 0 Å². The fourth-order valence-electron chi connectivity index (χ4n) is 1.04. The zero-order chi connectivity index (χ0) is 7.23. The van der Waals surface area contributed by atoms with Crippen LogP contribution in [0.5, 0.6) is 0 Å². The molecule has 0 saturated heterocycles. The van der Waals surface area contributed by atoms with Crippen LogP contribution in [0.25, 0.3) is 0 Å². The van der Waals surface area contributed by atoms with E-state index in [0.29, 0.717) is 6.61 Å². The smallest absolute Gasteiger partial charge is 0.0443 e. The third-order valence-corrected chi connectivity index (χ3v) is 1.94. The van der Waals surface area contributed by atoms with Gasteiger partial charge in [0, 0.05) is 6.61 Å². The molecule has 0 radical (unpaired) electrons. The number of aliphatic hydroxyl groups is 1. The summed E-state index contributed by atoms with van der Waals surface area (Å²) < 4.78 is 0. The average molecular weight is 143 g/mol. The molecule has 0 atom stereocenters. The first kappa shape index (κ1) is 8.02. The van der Waals surface area contributed by atoms with E-state index >= 15 is 0 Å². The predicted molar refractivity (Wildman–Crippen MR) is 41.9 cm³/mol. The van der Waals surface area contributed by atoms with Crippen molar-refractivity contribution < 1.29 is 5.11 Å². The normalized spacial score (nSPS) is 17.7. The van der Waals surface area contributed by atoms with Crippen LogP contribution in [-0.2, 0) is 0 Å². The highest BCUT2D eigenvalue weighted by Gasteiger charge is 2.19. The summed E-state index contributed by atoms with van der Waals surface area (Å²) >= 11 is 0. The molecule has 2 heteroatoms. The van der Waals surface area contributed by atoms with Gasteiger partial charge in [-0.25, -0.2) is 0 Å². The van der Waals surface area contributed by atoms with Gasteiger partial charge in [-0.05, 0) is 31.8 Å². The van der Waals surface area contributed by atoms with E-state index in [1.54, 1.807) is 0 Å². The Hall–Kier alpha value is -0.0800. The summed E-state index contributed by atoms with van der Waals surface area (Å²) in [6, 6.07) is 0. The molecule has 0 aromatic carbocycles. The minimum absolute atomic E-state index is 0.316. The van der Waals surface area contributed by atoms with Crippen molar-refractivity contribution in [2.45, 2.75) is 25.7 Å². The molecule has 0 aromatic rings. The molecule has 0 spiro atoms. The highest BCUT2D eigenvalue weighted by Crippen LogP contribution is 2.31. The second kappa shape index (κ2) is 4.69. The van der Waals surface area contributed by atoms with Gasteiger partial charge in [0.05, 0.1) is 0 Å². The predicted octanol–water partition coefficient (Wildman–Crippen LogP) is 0.758. The Bertz CT molecular complexity index is 81.3. The highest BCUT2D eigenvalue weighted by atomic mass is 16.3. The van der Waals surface area contributed by atoms with Gasteiger partial charge in [-0.1, -0.05) is 12.8 Å². The molecule has 0 bridgehead atoms. The molecule has 1 fully saturated rings. The topological polar surface area (TPSA) is 32.3 Å². The summed E-state index contributed by atoms with van der Waals surface area (Å²) in [7, 11) is 0. The van der Waals surface area contributed by atoms with E-state index in [9.17, 15) is 0 Å². The van der Waals surface area contributed by atoms with Gasteiger partial charge in [0.15, 0.2) is 0 Å². The van der Waals surface area contributed by atoms with Crippen molar-refractivity contribution in [1.29, 1.82) is 0 Å². The molecule has 0 amide bonds. The lowest BCUT2D eigenvalue weighted by Gasteiger charge is -2.00. The van der Waals surface area contributed by atoms with Crippen molar-refractivity contribution in [1.82, 2.24) is 5.32 Å². The summed E-state index contributed by atoms with van der Waals surface area (Å²) in [5.41, 5.74) is 0. The van der Waals surface area contributed by atoms with Crippen LogP contribution in [0, 0.1) is 5.92 Å². The maximum atomic E-state index is 8.45. The van der Waals surface area contributed by atoms with Gasteiger partial charge >= 0.3 is 0 Å². The summed E-state index contributed by atoms with van der Waals surface area (Å²) in [4.78, 5) is 0. The monoisotopic (exact) mass is 143 g/mol. The van der Waals surface area contributed by atoms with Crippen molar-refractivity contribution >= 4 is 0 Å². The first-order chi connectivity index (χ1) is 4.93. The maximum absolute atomic E-state index is 8.45. The van der Waals surface area contributed by atoms with Crippen LogP contribution < -0.4 is 5.32 Å². The Balaban J connectivity index is 1.68. The van der Waals surface area contributed by atoms with Gasteiger partial charge in [0.1, 0.15) is 0 Å². The van der Waals surface area contributed by atoms with Crippen LogP contribution in [0.4, 0.5) is 0 Å². The van der Waals surface area contributed by atoms with Gasteiger partial charge in [-0.2, -0.15) is 0 Å². The Morgan fingerprint density at radius 2 is 2.10 bits per heavy atom. The zero-order valence-electron chi connectivity index (χ0n) is 6.47. The molecule has 0 heterocycles. The van der Waals surface area contributed by atoms with E-state index in [2.05, 4.69) is 5.32 Å². The molecular weight excluding hydrogens is 126 g/mol. The van der Waals surface area contributed by atoms with E-state index in [-0.39, 0.29) is 0 Å². The third-order valence-electron chi connectivity index (χ3n) is 1.94. The lowest BCUT2D eigenvalue weighted by molar-refractivity contribution is 0.286. The van der Waals surface area contributed by atoms with Crippen LogP contribution in [0.2, 0.25) is 0 Å². The fourth-order valence-corrected chi connectivity index (χ4v) is 1.04. The van der Waals surface area contributed by atoms with E-state index in [0.717, 1.165) is 25.4 Å². The number of hydrogen-bond acceptors (Lipinski definition) is 2. The molecular formula is C8H17NO. The average Bonchev–Trinajstić information content (AvgIpc) is 2.71. The Morgan fingerprint density at radius 1 is 1.30 bits per heavy atom. The summed E-state index contributed by atoms with van der Waals surface area (Å²) in [6.45, 7) is 2.43. The molecule has 0 aliphatic heterocycles. The molecule has 0 aromatic heterocycles. The second-order valence-electron chi connectivity index (χ2n) is 3.06. The summed E-state index contributed by atoms with van der Waals surface area (Å²) in [5, 5.41) is 11.7. The number of hydrogen-bond donors (Lipinski definition) is 2. The van der Waals surface area contributed by atoms with Crippen LogP contribution in [0.1, 0.15) is 25.7 Å². The molecule has 2 N–H and O–H groups in total. The van der Waals surface area contributed by atoms with Gasteiger partial charge in [0.2, 0.25) is 0 Å². The Kier molecular flexibility index (Phi) is 3.76. The molecule has 1 rings (SSSR count). The second-order valence-corrected chi connectivity index (χ2v) is 3.06. The quantitative estimate of drug-likeness (QED) is 0.538. The van der Waals surface area contributed by atoms with Crippen LogP contribution in [0.3, 0.4) is 0 Å². The van der Waals surface area contributed by atoms with E-state index in [1.165, 1.54) is 19.3 Å². The Morgan fingerprint density at radius 3 is 2.70 bits per heavy atom. The van der Waals surface area contributed by atoms with Crippen molar-refractivity contribution in [3.05, 3.63) is 0 Å². The number of rotatable bonds is 6. The zero-order valence-corrected chi connectivity index (χ0v) is 6.47. The minimum atomic E-state index is 0.316. The minimum Gasteiger partial charge on any atom is -0.396 e. The Labute approximate surface area is 62.6 Å². The molecule has 1 aliphatic carbocycles. The molecule has 60 valence electrons. The van der Waals surface area contributed by atoms with Gasteiger partial charge < -0.3 is 10.4 Å². The SMILES string of the molecule is OCCCNCCC1CC1. The van der Waals surface area contributed by atoms with Crippen LogP contribution in [0.15, 0.2) is 0 Å². The molecule has 1 saturated carbocycles. The lowest BCUT2D eigenvalue weighted by Crippen LogP contribution is -2.17. The summed E-state index contributed by atoms with van der Waals surface area (Å²) in [6.07, 6.45) is 5.12. The van der Waals surface area contributed by atoms with E-state index in [1.807, 2.05) is 0 Å². The van der Waals surface area contributed by atoms with Gasteiger partial charge in [-0.15, -0.1) is 0 Å². The van der Waals surface area contributed by atoms with Crippen LogP contribution in [-0.4, -0.2) is 24.8 Å².